The topological polar surface area (TPSA) is 145 Å². The van der Waals surface area contributed by atoms with Gasteiger partial charge in [0.25, 0.3) is 0 Å². The van der Waals surface area contributed by atoms with E-state index in [0.717, 1.165) is 58.3 Å². The molecule has 0 spiro atoms. The Hall–Kier alpha value is -4.69. The number of fused-ring (bicyclic) bond motifs is 3. The number of thiazole rings is 1. The number of aromatic nitrogens is 2. The third-order valence-electron chi connectivity index (χ3n) is 12.8. The molecule has 0 unspecified atom stereocenters. The Morgan fingerprint density at radius 3 is 2.55 bits per heavy atom. The van der Waals surface area contributed by atoms with E-state index in [4.69, 9.17) is 19.4 Å². The molecule has 2 saturated carbocycles. The number of amides is 2. The molecule has 2 amide bonds. The van der Waals surface area contributed by atoms with Crippen molar-refractivity contribution in [3.63, 3.8) is 0 Å². The number of Topliss-reactive ketones (excluding diaryl/α,β-unsaturated/α-hetero) is 1. The second-order valence-corrected chi connectivity index (χ2v) is 20.2. The molecule has 0 bridgehead atoms. The second-order valence-electron chi connectivity index (χ2n) is 17.4. The molecule has 2 aliphatic heterocycles. The highest BCUT2D eigenvalue weighted by atomic mass is 32.2. The van der Waals surface area contributed by atoms with Gasteiger partial charge in [0, 0.05) is 29.5 Å². The van der Waals surface area contributed by atoms with Crippen LogP contribution in [0.2, 0.25) is 0 Å². The number of hydrogen-bond donors (Lipinski definition) is 1. The van der Waals surface area contributed by atoms with Crippen molar-refractivity contribution in [3.8, 4) is 22.3 Å². The first-order valence-electron chi connectivity index (χ1n) is 21.2. The SMILES string of the molecule is COc1ccc2c(O[C@@H]3C[C@H]4C(=O)C[C@]5(C(=O)NS(=O)(=O)C6CC6)C[C@@H]5/C=C\CCCCC[C@H](Cc5ccc(F)cc5)C(=O)N4C3)nc(-c3nc(C(C)C)cs3)cc2c1C. The van der Waals surface area contributed by atoms with Crippen LogP contribution in [0.3, 0.4) is 0 Å². The number of halogens is 1. The minimum atomic E-state index is -3.85. The number of benzene rings is 2. The molecule has 5 atom stereocenters. The van der Waals surface area contributed by atoms with Gasteiger partial charge in [-0.3, -0.25) is 19.1 Å². The van der Waals surface area contributed by atoms with Crippen LogP contribution in [0.5, 0.6) is 11.6 Å². The lowest BCUT2D eigenvalue weighted by Gasteiger charge is -2.29. The van der Waals surface area contributed by atoms with Crippen LogP contribution in [0, 0.1) is 30.0 Å². The van der Waals surface area contributed by atoms with E-state index in [1.807, 2.05) is 42.7 Å². The quantitative estimate of drug-likeness (QED) is 0.156. The van der Waals surface area contributed by atoms with Crippen LogP contribution in [0.15, 0.2) is 60.0 Å². The van der Waals surface area contributed by atoms with E-state index in [1.54, 1.807) is 24.1 Å². The summed E-state index contributed by atoms with van der Waals surface area (Å²) in [5.41, 5.74) is 2.07. The van der Waals surface area contributed by atoms with Crippen molar-refractivity contribution in [1.82, 2.24) is 19.6 Å². The fourth-order valence-corrected chi connectivity index (χ4v) is 11.2. The molecule has 60 heavy (non-hydrogen) atoms. The molecule has 4 aromatic rings. The summed E-state index contributed by atoms with van der Waals surface area (Å²) in [6.07, 6.45) is 8.90. The predicted molar refractivity (Wildman–Crippen MR) is 229 cm³/mol. The second kappa shape index (κ2) is 17.0. The fraction of sp³-hybridized carbons (Fsp3) is 0.500. The maximum Gasteiger partial charge on any atom is 0.240 e. The summed E-state index contributed by atoms with van der Waals surface area (Å²) in [4.78, 5) is 55.2. The summed E-state index contributed by atoms with van der Waals surface area (Å²) in [6, 6.07) is 11.0. The highest BCUT2D eigenvalue weighted by Gasteiger charge is 2.61. The molecule has 2 aliphatic carbocycles. The van der Waals surface area contributed by atoms with Gasteiger partial charge in [-0.25, -0.2) is 22.8 Å². The van der Waals surface area contributed by atoms with Crippen molar-refractivity contribution in [2.24, 2.45) is 17.3 Å². The molecule has 8 rings (SSSR count). The Bertz CT molecular complexity index is 2430. The third-order valence-corrected chi connectivity index (χ3v) is 15.5. The zero-order valence-corrected chi connectivity index (χ0v) is 36.2. The van der Waals surface area contributed by atoms with Crippen LogP contribution in [-0.4, -0.2) is 71.9 Å². The molecule has 318 valence electrons. The number of allylic oxidation sites excluding steroid dienone is 2. The summed E-state index contributed by atoms with van der Waals surface area (Å²) in [6.45, 7) is 6.25. The van der Waals surface area contributed by atoms with Gasteiger partial charge >= 0.3 is 0 Å². The van der Waals surface area contributed by atoms with Gasteiger partial charge in [0.1, 0.15) is 28.4 Å². The Balaban J connectivity index is 1.15. The molecular formula is C46H53FN4O7S2. The summed E-state index contributed by atoms with van der Waals surface area (Å²) in [7, 11) is -2.23. The number of ether oxygens (including phenoxy) is 2. The molecule has 3 fully saturated rings. The molecule has 2 aromatic heterocycles. The minimum absolute atomic E-state index is 0.102. The molecule has 4 heterocycles. The number of hydrogen-bond acceptors (Lipinski definition) is 10. The van der Waals surface area contributed by atoms with Crippen LogP contribution < -0.4 is 14.2 Å². The van der Waals surface area contributed by atoms with Gasteiger partial charge < -0.3 is 14.4 Å². The average molecular weight is 857 g/mol. The first-order valence-corrected chi connectivity index (χ1v) is 23.6. The summed E-state index contributed by atoms with van der Waals surface area (Å²) >= 11 is 1.50. The molecule has 2 aromatic carbocycles. The van der Waals surface area contributed by atoms with Crippen LogP contribution in [-0.2, 0) is 30.8 Å². The van der Waals surface area contributed by atoms with Gasteiger partial charge in [-0.1, -0.05) is 51.0 Å². The smallest absolute Gasteiger partial charge is 0.240 e. The van der Waals surface area contributed by atoms with E-state index in [9.17, 15) is 27.2 Å². The van der Waals surface area contributed by atoms with E-state index in [-0.39, 0.29) is 48.7 Å². The van der Waals surface area contributed by atoms with Crippen molar-refractivity contribution in [3.05, 3.63) is 82.6 Å². The lowest BCUT2D eigenvalue weighted by Crippen LogP contribution is -2.46. The minimum Gasteiger partial charge on any atom is -0.496 e. The number of rotatable bonds is 10. The largest absolute Gasteiger partial charge is 0.496 e. The molecule has 0 radical (unpaired) electrons. The molecule has 14 heteroatoms. The number of carbonyl (C=O) groups is 3. The van der Waals surface area contributed by atoms with E-state index in [1.165, 1.54) is 23.5 Å². The fourth-order valence-electron chi connectivity index (χ4n) is 8.89. The highest BCUT2D eigenvalue weighted by molar-refractivity contribution is 7.90. The molecule has 11 nitrogen and oxygen atoms in total. The van der Waals surface area contributed by atoms with E-state index < -0.39 is 44.7 Å². The average Bonchev–Trinajstić information content (AvgIpc) is 4.10. The van der Waals surface area contributed by atoms with Crippen LogP contribution in [0.4, 0.5) is 4.39 Å². The lowest BCUT2D eigenvalue weighted by atomic mass is 9.90. The van der Waals surface area contributed by atoms with Crippen LogP contribution in [0.25, 0.3) is 21.5 Å². The summed E-state index contributed by atoms with van der Waals surface area (Å²) < 4.78 is 54.7. The first-order chi connectivity index (χ1) is 28.8. The highest BCUT2D eigenvalue weighted by Crippen LogP contribution is 2.57. The van der Waals surface area contributed by atoms with Gasteiger partial charge in [-0.2, -0.15) is 0 Å². The van der Waals surface area contributed by atoms with Crippen LogP contribution in [0.1, 0.15) is 101 Å². The molecule has 4 aliphatic rings. The number of nitrogens with one attached hydrogen (secondary N) is 1. The monoisotopic (exact) mass is 856 g/mol. The van der Waals surface area contributed by atoms with Gasteiger partial charge in [0.15, 0.2) is 5.78 Å². The zero-order valence-electron chi connectivity index (χ0n) is 34.6. The first kappa shape index (κ1) is 42.0. The van der Waals surface area contributed by atoms with Crippen molar-refractivity contribution < 1.29 is 36.7 Å². The van der Waals surface area contributed by atoms with Crippen molar-refractivity contribution >= 4 is 49.7 Å². The van der Waals surface area contributed by atoms with Gasteiger partial charge in [0.05, 0.1) is 36.1 Å². The number of nitrogens with zero attached hydrogens (tertiary/aromatic N) is 3. The van der Waals surface area contributed by atoms with E-state index >= 15 is 0 Å². The normalized spacial score (nSPS) is 25.6. The van der Waals surface area contributed by atoms with Crippen molar-refractivity contribution in [2.45, 2.75) is 115 Å². The van der Waals surface area contributed by atoms with Crippen LogP contribution >= 0.6 is 11.3 Å². The Labute approximate surface area is 355 Å². The van der Waals surface area contributed by atoms with E-state index in [0.29, 0.717) is 49.4 Å². The molecular weight excluding hydrogens is 804 g/mol. The standard InChI is InChI=1S/C46H53FN4O7S2/c1-27(2)38-26-59-43(49-38)37-22-36-28(3)41(57-4)19-18-35(36)42(48-37)58-33-21-39-40(52)24-46(45(54)50-60(55,56)34-16-17-34)23-31(46)11-9-7-5-6-8-10-30(44(53)51(39)25-33)20-29-12-14-32(47)15-13-29/h9,11-15,18-19,22,26-27,30-31,33-34,39H,5-8,10,16-17,20-21,23-25H2,1-4H3,(H,50,54)/b11-9-/t30-,31+,33-,39+,46-/m1/s1. The number of carbonyl (C=O) groups excluding carboxylic acids is 3. The number of pyridine rings is 1. The molecule has 1 saturated heterocycles. The summed E-state index contributed by atoms with van der Waals surface area (Å²) in [5.74, 6) is -1.03. The predicted octanol–water partition coefficient (Wildman–Crippen LogP) is 8.24. The van der Waals surface area contributed by atoms with Gasteiger partial charge in [-0.15, -0.1) is 11.3 Å². The maximum absolute atomic E-state index is 14.9. The zero-order chi connectivity index (χ0) is 42.3. The Morgan fingerprint density at radius 1 is 1.05 bits per heavy atom. The van der Waals surface area contributed by atoms with Crippen molar-refractivity contribution in [1.29, 1.82) is 0 Å². The van der Waals surface area contributed by atoms with Gasteiger partial charge in [0.2, 0.25) is 27.7 Å². The Morgan fingerprint density at radius 2 is 1.83 bits per heavy atom. The third kappa shape index (κ3) is 8.72. The van der Waals surface area contributed by atoms with Crippen molar-refractivity contribution in [2.75, 3.05) is 13.7 Å². The number of ketones is 1. The molecule has 1 N–H and O–H groups in total. The lowest BCUT2D eigenvalue weighted by molar-refractivity contribution is -0.142. The number of sulfonamides is 1. The van der Waals surface area contributed by atoms with E-state index in [2.05, 4.69) is 18.6 Å². The van der Waals surface area contributed by atoms with Gasteiger partial charge in [-0.05, 0) is 111 Å². The Kier molecular flexibility index (Phi) is 11.9. The number of aryl methyl sites for hydroxylation is 1. The maximum atomic E-state index is 14.9. The number of methoxy groups -OCH3 is 1. The summed E-state index contributed by atoms with van der Waals surface area (Å²) in [5, 5.41) is 3.79.